The predicted molar refractivity (Wildman–Crippen MR) is 218 cm³/mol. The molecule has 1 aromatic heterocycles. The predicted octanol–water partition coefficient (Wildman–Crippen LogP) is 11.8. The van der Waals surface area contributed by atoms with Gasteiger partial charge in [-0.1, -0.05) is 157 Å². The van der Waals surface area contributed by atoms with Gasteiger partial charge in [0.1, 0.15) is 11.9 Å². The van der Waals surface area contributed by atoms with E-state index in [2.05, 4.69) is 187 Å². The summed E-state index contributed by atoms with van der Waals surface area (Å²) < 4.78 is 9.94. The highest BCUT2D eigenvalue weighted by molar-refractivity contribution is 6.13. The van der Waals surface area contributed by atoms with Crippen molar-refractivity contribution >= 4 is 27.4 Å². The molecule has 0 spiro atoms. The Labute approximate surface area is 311 Å². The van der Waals surface area contributed by atoms with E-state index < -0.39 is 0 Å². The second kappa shape index (κ2) is 11.7. The lowest BCUT2D eigenvalue weighted by atomic mass is 9.63. The lowest BCUT2D eigenvalue weighted by Crippen LogP contribution is -2.55. The van der Waals surface area contributed by atoms with E-state index in [1.807, 2.05) is 0 Å². The van der Waals surface area contributed by atoms with Gasteiger partial charge in [-0.15, -0.1) is 0 Å². The van der Waals surface area contributed by atoms with E-state index in [0.717, 1.165) is 18.6 Å². The molecule has 0 saturated heterocycles. The Balaban J connectivity index is 1.16. The third-order valence-electron chi connectivity index (χ3n) is 13.2. The van der Waals surface area contributed by atoms with Gasteiger partial charge in [-0.3, -0.25) is 4.90 Å². The fraction of sp³-hybridized carbons (Fsp3) is 0.200. The number of hydrogen-bond donors (Lipinski definition) is 0. The fourth-order valence-corrected chi connectivity index (χ4v) is 10.4. The molecule has 5 aromatic carbocycles. The van der Waals surface area contributed by atoms with Gasteiger partial charge in [-0.25, -0.2) is 0 Å². The highest BCUT2D eigenvalue weighted by atomic mass is 16.5. The average Bonchev–Trinajstić information content (AvgIpc) is 3.74. The minimum atomic E-state index is -0.283. The zero-order valence-corrected chi connectivity index (χ0v) is 30.2. The summed E-state index contributed by atoms with van der Waals surface area (Å²) in [6.45, 7) is 2.48. The van der Waals surface area contributed by atoms with E-state index in [1.54, 1.807) is 5.57 Å². The van der Waals surface area contributed by atoms with Gasteiger partial charge in [-0.05, 0) is 66.8 Å². The number of nitrogens with zero attached hydrogens (tertiary/aromatic N) is 2. The zero-order valence-electron chi connectivity index (χ0n) is 30.2. The van der Waals surface area contributed by atoms with E-state index in [9.17, 15) is 0 Å². The Bertz CT molecular complexity index is 2580. The van der Waals surface area contributed by atoms with Gasteiger partial charge in [0.25, 0.3) is 0 Å². The summed E-state index contributed by atoms with van der Waals surface area (Å²) in [7, 11) is 2.39. The minimum absolute atomic E-state index is 0.0562. The van der Waals surface area contributed by atoms with Gasteiger partial charge >= 0.3 is 0 Å². The SMILES string of the molecule is CN1C(n2c3cc(-c4ccccc4)ccc3c3c4c(ccc32)C2C=CC=C(c3ccccc3)C2O4)C2CC(=C3C=CC=CC3C1(C)c1ccccc1)C2. The number of hydrogen-bond acceptors (Lipinski definition) is 2. The van der Waals surface area contributed by atoms with Gasteiger partial charge in [0, 0.05) is 39.7 Å². The highest BCUT2D eigenvalue weighted by Crippen LogP contribution is 2.58. The molecule has 3 aliphatic heterocycles. The van der Waals surface area contributed by atoms with Gasteiger partial charge in [0.05, 0.1) is 22.7 Å². The molecule has 2 bridgehead atoms. The average molecular weight is 687 g/mol. The molecular formula is C50H42N2O. The Morgan fingerprint density at radius 1 is 0.698 bits per heavy atom. The number of rotatable bonds is 4. The van der Waals surface area contributed by atoms with Gasteiger partial charge in [0.2, 0.25) is 0 Å². The quantitative estimate of drug-likeness (QED) is 0.184. The highest BCUT2D eigenvalue weighted by Gasteiger charge is 2.51. The van der Waals surface area contributed by atoms with Crippen LogP contribution in [0.25, 0.3) is 38.5 Å². The van der Waals surface area contributed by atoms with Crippen LogP contribution in [-0.2, 0) is 5.54 Å². The molecule has 5 unspecified atom stereocenters. The lowest BCUT2D eigenvalue weighted by Gasteiger charge is -2.56. The number of benzene rings is 5. The van der Waals surface area contributed by atoms with Gasteiger partial charge in [-0.2, -0.15) is 0 Å². The van der Waals surface area contributed by atoms with Crippen LogP contribution < -0.4 is 4.74 Å². The summed E-state index contributed by atoms with van der Waals surface area (Å²) in [5.74, 6) is 1.93. The van der Waals surface area contributed by atoms with Crippen molar-refractivity contribution in [2.24, 2.45) is 11.8 Å². The lowest BCUT2D eigenvalue weighted by molar-refractivity contribution is -0.0231. The maximum Gasteiger partial charge on any atom is 0.135 e. The summed E-state index contributed by atoms with van der Waals surface area (Å²) in [5, 5.41) is 2.50. The molecule has 0 radical (unpaired) electrons. The second-order valence-corrected chi connectivity index (χ2v) is 15.8. The number of ether oxygens (including phenoxy) is 1. The van der Waals surface area contributed by atoms with Crippen LogP contribution in [0.15, 0.2) is 175 Å². The standard InChI is InChI=1S/C50H42N2O/c1-50(37-19-10-5-11-20-37)43-24-13-12-21-38(43)35-29-36(30-35)49(51(50)2)52-44-28-27-41-40-23-14-22-39(33-17-8-4-9-18-33)47(40)53-48(41)46(44)42-26-25-34(31-45(42)52)32-15-6-3-7-16-32/h3-28,31,36,40,43,47,49H,29-30H2,1-2H3. The molecule has 0 amide bonds. The molecule has 3 aliphatic carbocycles. The first-order chi connectivity index (χ1) is 26.1. The molecule has 3 nitrogen and oxygen atoms in total. The molecule has 12 rings (SSSR count). The van der Waals surface area contributed by atoms with Crippen molar-refractivity contribution in [3.05, 3.63) is 192 Å². The Hall–Kier alpha value is -5.64. The molecule has 53 heavy (non-hydrogen) atoms. The zero-order chi connectivity index (χ0) is 35.3. The van der Waals surface area contributed by atoms with E-state index >= 15 is 0 Å². The van der Waals surface area contributed by atoms with Crippen LogP contribution in [0.4, 0.5) is 0 Å². The molecule has 4 heterocycles. The maximum absolute atomic E-state index is 7.23. The molecular weight excluding hydrogens is 645 g/mol. The second-order valence-electron chi connectivity index (χ2n) is 15.8. The molecule has 1 saturated carbocycles. The van der Waals surface area contributed by atoms with Crippen molar-refractivity contribution in [1.29, 1.82) is 0 Å². The van der Waals surface area contributed by atoms with Crippen LogP contribution in [0, 0.1) is 11.8 Å². The van der Waals surface area contributed by atoms with Crippen LogP contribution in [0.5, 0.6) is 5.75 Å². The Morgan fingerprint density at radius 2 is 1.43 bits per heavy atom. The van der Waals surface area contributed by atoms with Crippen molar-refractivity contribution in [3.63, 3.8) is 0 Å². The molecule has 6 aliphatic rings. The van der Waals surface area contributed by atoms with E-state index in [4.69, 9.17) is 4.74 Å². The summed E-state index contributed by atoms with van der Waals surface area (Å²) >= 11 is 0. The number of aromatic nitrogens is 1. The monoisotopic (exact) mass is 686 g/mol. The smallest absolute Gasteiger partial charge is 0.135 e. The number of fused-ring (bicyclic) bond motifs is 9. The molecule has 5 atom stereocenters. The Morgan fingerprint density at radius 3 is 2.21 bits per heavy atom. The summed E-state index contributed by atoms with van der Waals surface area (Å²) in [6, 6.07) is 44.7. The van der Waals surface area contributed by atoms with Crippen molar-refractivity contribution in [2.75, 3.05) is 7.05 Å². The molecule has 3 heteroatoms. The molecule has 0 N–H and O–H groups in total. The summed E-state index contributed by atoms with van der Waals surface area (Å²) in [5.41, 5.74) is 12.9. The minimum Gasteiger partial charge on any atom is -0.484 e. The van der Waals surface area contributed by atoms with Crippen molar-refractivity contribution < 1.29 is 4.74 Å². The van der Waals surface area contributed by atoms with Gasteiger partial charge < -0.3 is 9.30 Å². The first kappa shape index (κ1) is 30.9. The first-order valence-electron chi connectivity index (χ1n) is 19.2. The van der Waals surface area contributed by atoms with Crippen molar-refractivity contribution in [2.45, 2.75) is 43.5 Å². The van der Waals surface area contributed by atoms with E-state index in [-0.39, 0.29) is 29.6 Å². The molecule has 6 aromatic rings. The van der Waals surface area contributed by atoms with Crippen LogP contribution in [-0.4, -0.2) is 22.6 Å². The topological polar surface area (TPSA) is 17.4 Å². The largest absolute Gasteiger partial charge is 0.484 e. The molecule has 258 valence electrons. The van der Waals surface area contributed by atoms with E-state index in [1.165, 1.54) is 60.8 Å². The van der Waals surface area contributed by atoms with Gasteiger partial charge in [0.15, 0.2) is 0 Å². The Kier molecular flexibility index (Phi) is 6.82. The normalized spacial score (nSPS) is 27.1. The van der Waals surface area contributed by atoms with Crippen molar-refractivity contribution in [1.82, 2.24) is 9.47 Å². The maximum atomic E-state index is 7.23. The third kappa shape index (κ3) is 4.44. The van der Waals surface area contributed by atoms with Crippen LogP contribution in [0.1, 0.15) is 48.5 Å². The van der Waals surface area contributed by atoms with Crippen LogP contribution in [0.3, 0.4) is 0 Å². The first-order valence-corrected chi connectivity index (χ1v) is 19.2. The number of allylic oxidation sites excluding steroid dienone is 6. The van der Waals surface area contributed by atoms with E-state index in [0.29, 0.717) is 5.92 Å². The van der Waals surface area contributed by atoms with Crippen molar-refractivity contribution in [3.8, 4) is 16.9 Å². The molecule has 1 fully saturated rings. The summed E-state index contributed by atoms with van der Waals surface area (Å²) in [6.07, 6.45) is 18.4. The summed E-state index contributed by atoms with van der Waals surface area (Å²) in [4.78, 5) is 2.73. The van der Waals surface area contributed by atoms with Crippen LogP contribution in [0.2, 0.25) is 0 Å². The van der Waals surface area contributed by atoms with Crippen LogP contribution >= 0.6 is 0 Å². The third-order valence-corrected chi connectivity index (χ3v) is 13.2. The fourth-order valence-electron chi connectivity index (χ4n) is 10.4.